The minimum atomic E-state index is -1.49. The zero-order chi connectivity index (χ0) is 16.8. The number of esters is 1. The van der Waals surface area contributed by atoms with Gasteiger partial charge in [0.1, 0.15) is 5.82 Å². The molecule has 0 fully saturated rings. The number of hydrogen-bond donors (Lipinski definition) is 2. The van der Waals surface area contributed by atoms with Crippen molar-refractivity contribution in [1.29, 1.82) is 0 Å². The van der Waals surface area contributed by atoms with Crippen LogP contribution in [0, 0.1) is 5.82 Å². The average molecular weight is 338 g/mol. The summed E-state index contributed by atoms with van der Waals surface area (Å²) in [7, 11) is 0. The summed E-state index contributed by atoms with van der Waals surface area (Å²) < 4.78 is 18.2. The molecule has 0 saturated carbocycles. The Hall–Kier alpha value is -2.44. The van der Waals surface area contributed by atoms with E-state index in [1.54, 1.807) is 30.3 Å². The number of benzene rings is 2. The second-order valence-electron chi connectivity index (χ2n) is 4.59. The Morgan fingerprint density at radius 1 is 1.22 bits per heavy atom. The van der Waals surface area contributed by atoms with Crippen molar-refractivity contribution in [3.63, 3.8) is 0 Å². The number of aliphatic hydroxyl groups is 1. The molecule has 0 aliphatic heterocycles. The van der Waals surface area contributed by atoms with Crippen molar-refractivity contribution in [2.45, 2.75) is 6.10 Å². The van der Waals surface area contributed by atoms with E-state index in [1.165, 1.54) is 12.1 Å². The van der Waals surface area contributed by atoms with Crippen molar-refractivity contribution in [1.82, 2.24) is 0 Å². The van der Waals surface area contributed by atoms with Crippen molar-refractivity contribution >= 4 is 29.2 Å². The highest BCUT2D eigenvalue weighted by Crippen LogP contribution is 2.19. The van der Waals surface area contributed by atoms with E-state index < -0.39 is 30.4 Å². The molecule has 5 nitrogen and oxygen atoms in total. The Morgan fingerprint density at radius 2 is 1.91 bits per heavy atom. The van der Waals surface area contributed by atoms with Gasteiger partial charge in [-0.15, -0.1) is 0 Å². The van der Waals surface area contributed by atoms with E-state index in [1.807, 2.05) is 0 Å². The molecule has 1 amide bonds. The summed E-state index contributed by atoms with van der Waals surface area (Å²) in [4.78, 5) is 23.3. The molecule has 0 bridgehead atoms. The first kappa shape index (κ1) is 16.9. The van der Waals surface area contributed by atoms with Crippen LogP contribution in [0.4, 0.5) is 10.1 Å². The van der Waals surface area contributed by atoms with Crippen molar-refractivity contribution < 1.29 is 23.8 Å². The number of halogens is 2. The van der Waals surface area contributed by atoms with Gasteiger partial charge in [0.05, 0.1) is 5.69 Å². The molecule has 0 aromatic heterocycles. The summed E-state index contributed by atoms with van der Waals surface area (Å²) in [6.07, 6.45) is -1.49. The average Bonchev–Trinajstić information content (AvgIpc) is 2.56. The molecule has 0 saturated heterocycles. The third kappa shape index (κ3) is 4.77. The second-order valence-corrected chi connectivity index (χ2v) is 5.03. The van der Waals surface area contributed by atoms with E-state index in [4.69, 9.17) is 16.3 Å². The first-order chi connectivity index (χ1) is 11.0. The minimum Gasteiger partial charge on any atom is -0.453 e. The molecular formula is C16H13ClFNO4. The molecule has 2 N–H and O–H groups in total. The van der Waals surface area contributed by atoms with Gasteiger partial charge in [0.15, 0.2) is 12.7 Å². The molecular weight excluding hydrogens is 325 g/mol. The van der Waals surface area contributed by atoms with Crippen LogP contribution in [-0.4, -0.2) is 23.6 Å². The van der Waals surface area contributed by atoms with Gasteiger partial charge in [-0.05, 0) is 23.8 Å². The third-order valence-corrected chi connectivity index (χ3v) is 3.12. The fourth-order valence-corrected chi connectivity index (χ4v) is 1.94. The van der Waals surface area contributed by atoms with Gasteiger partial charge < -0.3 is 15.2 Å². The number of hydrogen-bond acceptors (Lipinski definition) is 4. The fourth-order valence-electron chi connectivity index (χ4n) is 1.77. The van der Waals surface area contributed by atoms with Gasteiger partial charge in [-0.2, -0.15) is 0 Å². The quantitative estimate of drug-likeness (QED) is 0.823. The van der Waals surface area contributed by atoms with Crippen molar-refractivity contribution in [3.05, 3.63) is 64.9 Å². The number of aliphatic hydroxyl groups excluding tert-OH is 1. The zero-order valence-corrected chi connectivity index (χ0v) is 12.6. The highest BCUT2D eigenvalue weighted by molar-refractivity contribution is 6.30. The van der Waals surface area contributed by atoms with Gasteiger partial charge in [-0.1, -0.05) is 41.9 Å². The van der Waals surface area contributed by atoms with Crippen LogP contribution >= 0.6 is 11.6 Å². The SMILES string of the molecule is O=C(COC(=O)[C@H](O)c1ccccc1)Nc1cc(Cl)ccc1F. The van der Waals surface area contributed by atoms with E-state index >= 15 is 0 Å². The molecule has 2 rings (SSSR count). The highest BCUT2D eigenvalue weighted by Gasteiger charge is 2.20. The van der Waals surface area contributed by atoms with Crippen LogP contribution in [-0.2, 0) is 14.3 Å². The van der Waals surface area contributed by atoms with Gasteiger partial charge in [0.25, 0.3) is 5.91 Å². The first-order valence-electron chi connectivity index (χ1n) is 6.62. The van der Waals surface area contributed by atoms with Gasteiger partial charge in [-0.3, -0.25) is 4.79 Å². The first-order valence-corrected chi connectivity index (χ1v) is 6.99. The lowest BCUT2D eigenvalue weighted by Gasteiger charge is -2.11. The molecule has 23 heavy (non-hydrogen) atoms. The molecule has 2 aromatic carbocycles. The van der Waals surface area contributed by atoms with E-state index in [2.05, 4.69) is 5.32 Å². The molecule has 0 heterocycles. The predicted octanol–water partition coefficient (Wildman–Crippen LogP) is 2.69. The number of nitrogens with one attached hydrogen (secondary N) is 1. The monoisotopic (exact) mass is 337 g/mol. The lowest BCUT2D eigenvalue weighted by atomic mass is 10.1. The maximum absolute atomic E-state index is 13.5. The molecule has 7 heteroatoms. The number of carbonyl (C=O) groups is 2. The van der Waals surface area contributed by atoms with Crippen molar-refractivity contribution in [3.8, 4) is 0 Å². The summed E-state index contributed by atoms with van der Waals surface area (Å²) in [5, 5.41) is 12.3. The third-order valence-electron chi connectivity index (χ3n) is 2.89. The van der Waals surface area contributed by atoms with Crippen LogP contribution in [0.3, 0.4) is 0 Å². The van der Waals surface area contributed by atoms with E-state index in [-0.39, 0.29) is 10.7 Å². The second kappa shape index (κ2) is 7.71. The van der Waals surface area contributed by atoms with E-state index in [0.29, 0.717) is 5.56 Å². The van der Waals surface area contributed by atoms with Crippen molar-refractivity contribution in [2.24, 2.45) is 0 Å². The highest BCUT2D eigenvalue weighted by atomic mass is 35.5. The smallest absolute Gasteiger partial charge is 0.340 e. The Bertz CT molecular complexity index is 708. The topological polar surface area (TPSA) is 75.6 Å². The minimum absolute atomic E-state index is 0.123. The standard InChI is InChI=1S/C16H13ClFNO4/c17-11-6-7-12(18)13(8-11)19-14(20)9-23-16(22)15(21)10-4-2-1-3-5-10/h1-8,15,21H,9H2,(H,19,20)/t15-/m1/s1. The fraction of sp³-hybridized carbons (Fsp3) is 0.125. The summed E-state index contributed by atoms with van der Waals surface area (Å²) in [5.74, 6) is -2.39. The van der Waals surface area contributed by atoms with E-state index in [0.717, 1.165) is 6.07 Å². The molecule has 120 valence electrons. The Balaban J connectivity index is 1.89. The molecule has 1 atom stereocenters. The predicted molar refractivity (Wildman–Crippen MR) is 82.4 cm³/mol. The number of rotatable bonds is 5. The lowest BCUT2D eigenvalue weighted by Crippen LogP contribution is -2.24. The summed E-state index contributed by atoms with van der Waals surface area (Å²) in [5.41, 5.74) is 0.223. The number of carbonyl (C=O) groups excluding carboxylic acids is 2. The molecule has 0 unspecified atom stereocenters. The van der Waals surface area contributed by atoms with Gasteiger partial charge in [0.2, 0.25) is 0 Å². The Kier molecular flexibility index (Phi) is 5.67. The van der Waals surface area contributed by atoms with Crippen molar-refractivity contribution in [2.75, 3.05) is 11.9 Å². The summed E-state index contributed by atoms with van der Waals surface area (Å²) >= 11 is 5.70. The van der Waals surface area contributed by atoms with Crippen LogP contribution in [0.25, 0.3) is 0 Å². The van der Waals surface area contributed by atoms with Gasteiger partial charge in [0, 0.05) is 5.02 Å². The van der Waals surface area contributed by atoms with E-state index in [9.17, 15) is 19.1 Å². The maximum atomic E-state index is 13.5. The number of anilines is 1. The molecule has 2 aromatic rings. The van der Waals surface area contributed by atoms with Crippen LogP contribution in [0.1, 0.15) is 11.7 Å². The molecule has 0 aliphatic carbocycles. The zero-order valence-electron chi connectivity index (χ0n) is 11.8. The normalized spacial score (nSPS) is 11.6. The lowest BCUT2D eigenvalue weighted by molar-refractivity contribution is -0.156. The van der Waals surface area contributed by atoms with Gasteiger partial charge >= 0.3 is 5.97 Å². The summed E-state index contributed by atoms with van der Waals surface area (Å²) in [6, 6.07) is 11.8. The van der Waals surface area contributed by atoms with Crippen LogP contribution in [0.15, 0.2) is 48.5 Å². The number of ether oxygens (including phenoxy) is 1. The largest absolute Gasteiger partial charge is 0.453 e. The Labute approximate surface area is 136 Å². The Morgan fingerprint density at radius 3 is 2.61 bits per heavy atom. The molecule has 0 aliphatic rings. The molecule has 0 radical (unpaired) electrons. The van der Waals surface area contributed by atoms with Gasteiger partial charge in [-0.25, -0.2) is 9.18 Å². The maximum Gasteiger partial charge on any atom is 0.340 e. The van der Waals surface area contributed by atoms with Crippen LogP contribution < -0.4 is 5.32 Å². The van der Waals surface area contributed by atoms with Crippen LogP contribution in [0.5, 0.6) is 0 Å². The van der Waals surface area contributed by atoms with Crippen LogP contribution in [0.2, 0.25) is 5.02 Å². The number of amides is 1. The molecule has 0 spiro atoms. The summed E-state index contributed by atoms with van der Waals surface area (Å²) in [6.45, 7) is -0.658.